The summed E-state index contributed by atoms with van der Waals surface area (Å²) in [5, 5.41) is 2.27. The van der Waals surface area contributed by atoms with E-state index in [0.29, 0.717) is 0 Å². The van der Waals surface area contributed by atoms with Crippen molar-refractivity contribution in [2.24, 2.45) is 0 Å². The molecule has 318 valence electrons. The van der Waals surface area contributed by atoms with Crippen molar-refractivity contribution < 1.29 is 4.42 Å². The highest BCUT2D eigenvalue weighted by atomic mass is 16.3. The highest BCUT2D eigenvalue weighted by Gasteiger charge is 2.41. The molecule has 2 aliphatic carbocycles. The number of hydrogen-bond donors (Lipinski definition) is 0. The lowest BCUT2D eigenvalue weighted by Gasteiger charge is -2.30. The third-order valence-electron chi connectivity index (χ3n) is 15.0. The highest BCUT2D eigenvalue weighted by molar-refractivity contribution is 6.12. The summed E-state index contributed by atoms with van der Waals surface area (Å²) >= 11 is 0. The van der Waals surface area contributed by atoms with E-state index < -0.39 is 0 Å². The van der Waals surface area contributed by atoms with E-state index in [1.165, 1.54) is 72.3 Å². The maximum absolute atomic E-state index is 6.31. The Kier molecular flexibility index (Phi) is 8.73. The number of benzene rings is 10. The first-order valence-electron chi connectivity index (χ1n) is 23.4. The lowest BCUT2D eigenvalue weighted by Crippen LogP contribution is -2.22. The maximum atomic E-state index is 6.31. The Hall–Kier alpha value is -8.20. The van der Waals surface area contributed by atoms with Crippen LogP contribution in [0.3, 0.4) is 0 Å². The molecule has 1 aromatic heterocycles. The molecule has 10 aromatic carbocycles. The van der Waals surface area contributed by atoms with Crippen LogP contribution in [0.25, 0.3) is 77.6 Å². The fourth-order valence-electron chi connectivity index (χ4n) is 11.8. The molecule has 13 rings (SSSR count). The summed E-state index contributed by atoms with van der Waals surface area (Å²) in [6.07, 6.45) is 0. The second-order valence-corrected chi connectivity index (χ2v) is 18.9. The molecule has 0 fully saturated rings. The van der Waals surface area contributed by atoms with Gasteiger partial charge in [0.15, 0.2) is 0 Å². The van der Waals surface area contributed by atoms with Gasteiger partial charge in [0.25, 0.3) is 0 Å². The van der Waals surface area contributed by atoms with Crippen LogP contribution in [-0.2, 0) is 10.8 Å². The zero-order valence-corrected chi connectivity index (χ0v) is 37.8. The number of para-hydroxylation sites is 2. The van der Waals surface area contributed by atoms with Crippen LogP contribution < -0.4 is 4.90 Å². The zero-order valence-electron chi connectivity index (χ0n) is 37.8. The van der Waals surface area contributed by atoms with E-state index >= 15 is 0 Å². The molecule has 0 aliphatic heterocycles. The first-order valence-corrected chi connectivity index (χ1v) is 23.4. The van der Waals surface area contributed by atoms with E-state index in [1.807, 2.05) is 6.07 Å². The lowest BCUT2D eigenvalue weighted by molar-refractivity contribution is 0.662. The number of anilines is 3. The van der Waals surface area contributed by atoms with Crippen molar-refractivity contribution >= 4 is 39.0 Å². The molecular formula is C65H47NO. The van der Waals surface area contributed by atoms with Crippen molar-refractivity contribution in [1.29, 1.82) is 0 Å². The number of hydrogen-bond acceptors (Lipinski definition) is 2. The molecule has 0 amide bonds. The van der Waals surface area contributed by atoms with Crippen molar-refractivity contribution in [2.75, 3.05) is 4.90 Å². The van der Waals surface area contributed by atoms with Crippen LogP contribution >= 0.6 is 0 Å². The summed E-state index contributed by atoms with van der Waals surface area (Å²) in [5.74, 6) is 0. The number of fused-ring (bicyclic) bond motifs is 9. The third kappa shape index (κ3) is 5.89. The molecule has 0 radical (unpaired) electrons. The van der Waals surface area contributed by atoms with Gasteiger partial charge in [0.1, 0.15) is 11.2 Å². The minimum absolute atomic E-state index is 0.171. The van der Waals surface area contributed by atoms with Crippen LogP contribution in [0.15, 0.2) is 235 Å². The van der Waals surface area contributed by atoms with Crippen LogP contribution in [0.2, 0.25) is 0 Å². The van der Waals surface area contributed by atoms with Gasteiger partial charge in [0.2, 0.25) is 0 Å². The Morgan fingerprint density at radius 2 is 0.881 bits per heavy atom. The second kappa shape index (κ2) is 14.9. The van der Waals surface area contributed by atoms with Gasteiger partial charge in [0.05, 0.1) is 5.69 Å². The fraction of sp³-hybridized carbons (Fsp3) is 0.0769. The van der Waals surface area contributed by atoms with Crippen molar-refractivity contribution in [1.82, 2.24) is 0 Å². The summed E-state index contributed by atoms with van der Waals surface area (Å²) in [6, 6.07) is 84.7. The van der Waals surface area contributed by atoms with Crippen LogP contribution in [0.4, 0.5) is 17.1 Å². The molecule has 1 atom stereocenters. The third-order valence-corrected chi connectivity index (χ3v) is 15.0. The fourth-order valence-corrected chi connectivity index (χ4v) is 11.8. The highest BCUT2D eigenvalue weighted by Crippen LogP contribution is 2.55. The smallest absolute Gasteiger partial charge is 0.136 e. The summed E-state index contributed by atoms with van der Waals surface area (Å²) in [7, 11) is 0. The van der Waals surface area contributed by atoms with Gasteiger partial charge in [-0.1, -0.05) is 196 Å². The molecule has 2 nitrogen and oxygen atoms in total. The Morgan fingerprint density at radius 1 is 0.358 bits per heavy atom. The first-order chi connectivity index (χ1) is 32.9. The quantitative estimate of drug-likeness (QED) is 0.159. The van der Waals surface area contributed by atoms with Crippen molar-refractivity contribution in [2.45, 2.75) is 31.6 Å². The van der Waals surface area contributed by atoms with Gasteiger partial charge in [-0.25, -0.2) is 0 Å². The van der Waals surface area contributed by atoms with E-state index in [0.717, 1.165) is 50.1 Å². The van der Waals surface area contributed by atoms with Gasteiger partial charge in [0, 0.05) is 38.5 Å². The van der Waals surface area contributed by atoms with Gasteiger partial charge in [-0.05, 0) is 133 Å². The number of nitrogens with zero attached hydrogens (tertiary/aromatic N) is 1. The van der Waals surface area contributed by atoms with E-state index in [9.17, 15) is 0 Å². The Morgan fingerprint density at radius 3 is 1.64 bits per heavy atom. The van der Waals surface area contributed by atoms with Crippen molar-refractivity contribution in [3.63, 3.8) is 0 Å². The second-order valence-electron chi connectivity index (χ2n) is 18.9. The van der Waals surface area contributed by atoms with E-state index in [-0.39, 0.29) is 10.8 Å². The minimum atomic E-state index is -0.264. The Bertz CT molecular complexity index is 3730. The Labute approximate surface area is 392 Å². The van der Waals surface area contributed by atoms with E-state index in [2.05, 4.69) is 250 Å². The summed E-state index contributed by atoms with van der Waals surface area (Å²) in [4.78, 5) is 2.44. The molecule has 0 saturated heterocycles. The molecule has 0 N–H and O–H groups in total. The van der Waals surface area contributed by atoms with E-state index in [1.54, 1.807) is 0 Å². The molecule has 67 heavy (non-hydrogen) atoms. The Balaban J connectivity index is 0.952. The van der Waals surface area contributed by atoms with Gasteiger partial charge in [-0.15, -0.1) is 0 Å². The molecule has 0 bridgehead atoms. The van der Waals surface area contributed by atoms with E-state index in [4.69, 9.17) is 4.42 Å². The molecular weight excluding hydrogens is 811 g/mol. The normalized spacial score (nSPS) is 15.3. The molecule has 1 unspecified atom stereocenters. The molecule has 2 heteroatoms. The molecule has 0 spiro atoms. The summed E-state index contributed by atoms with van der Waals surface area (Å²) in [6.45, 7) is 7.14. The first kappa shape index (κ1) is 39.2. The zero-order chi connectivity index (χ0) is 44.9. The van der Waals surface area contributed by atoms with Gasteiger partial charge in [-0.3, -0.25) is 0 Å². The van der Waals surface area contributed by atoms with Crippen molar-refractivity contribution in [3.8, 4) is 55.6 Å². The lowest BCUT2D eigenvalue weighted by atomic mass is 9.74. The minimum Gasteiger partial charge on any atom is -0.456 e. The predicted molar refractivity (Wildman–Crippen MR) is 280 cm³/mol. The van der Waals surface area contributed by atoms with Crippen LogP contribution in [0.1, 0.15) is 48.6 Å². The van der Waals surface area contributed by atoms with Crippen molar-refractivity contribution in [3.05, 3.63) is 258 Å². The summed E-state index contributed by atoms with van der Waals surface area (Å²) in [5.41, 5.74) is 23.8. The topological polar surface area (TPSA) is 16.4 Å². The maximum Gasteiger partial charge on any atom is 0.136 e. The van der Waals surface area contributed by atoms with Crippen LogP contribution in [0, 0.1) is 0 Å². The van der Waals surface area contributed by atoms with Gasteiger partial charge >= 0.3 is 0 Å². The molecule has 2 aliphatic rings. The largest absolute Gasteiger partial charge is 0.456 e. The monoisotopic (exact) mass is 857 g/mol. The van der Waals surface area contributed by atoms with Gasteiger partial charge < -0.3 is 9.32 Å². The average molecular weight is 858 g/mol. The molecule has 1 heterocycles. The SMILES string of the molecule is CC1(C)c2ccccc2-c2cccc(-c3ccccc3N(c3ccc(-c4ccc5c(c4)C(C)(c4ccccc4)c4ccccc4-5)cc3)c3ccc(-c4cccc5oc6ccccc6c45)cc3)c21. The van der Waals surface area contributed by atoms with Gasteiger partial charge in [-0.2, -0.15) is 0 Å². The predicted octanol–water partition coefficient (Wildman–Crippen LogP) is 17.7. The van der Waals surface area contributed by atoms with Crippen LogP contribution in [0.5, 0.6) is 0 Å². The average Bonchev–Trinajstić information content (AvgIpc) is 3.98. The standard InChI is InChI=1S/C65H47NO/c1-64(2)56-26-11-7-20-50(56)53-24-15-25-54(63(53)64)52-21-9-13-28-59(52)66(47-38-33-43(34-39-47)48-23-16-30-61-62(48)55-22-10-14-29-60(55)67-61)46-36-31-42(32-37-46)44-35-40-51-49-19-8-12-27-57(49)65(3,58(51)41-44)45-17-5-4-6-18-45/h4-41H,1-3H3. The molecule has 0 saturated carbocycles. The summed E-state index contributed by atoms with van der Waals surface area (Å²) < 4.78 is 6.31. The number of rotatable bonds is 7. The molecule has 11 aromatic rings. The van der Waals surface area contributed by atoms with Crippen LogP contribution in [-0.4, -0.2) is 0 Å². The number of furan rings is 1.